The molecule has 3 N–H and O–H groups in total. The number of hydrogen-bond acceptors (Lipinski definition) is 7. The Morgan fingerprint density at radius 2 is 1.47 bits per heavy atom. The van der Waals surface area contributed by atoms with E-state index in [9.17, 15) is 18.0 Å². The van der Waals surface area contributed by atoms with Gasteiger partial charge in [-0.15, -0.1) is 10.2 Å². The highest BCUT2D eigenvalue weighted by Gasteiger charge is 2.24. The molecule has 0 bridgehead atoms. The van der Waals surface area contributed by atoms with E-state index in [1.807, 2.05) is 43.3 Å². The Morgan fingerprint density at radius 3 is 2.19 bits per heavy atom. The number of aryl methyl sites for hydroxylation is 1. The zero-order chi connectivity index (χ0) is 25.7. The summed E-state index contributed by atoms with van der Waals surface area (Å²) in [7, 11) is -4.17. The van der Waals surface area contributed by atoms with E-state index in [1.54, 1.807) is 37.3 Å². The van der Waals surface area contributed by atoms with Crippen LogP contribution in [0.2, 0.25) is 0 Å². The van der Waals surface area contributed by atoms with E-state index < -0.39 is 21.8 Å². The van der Waals surface area contributed by atoms with E-state index in [0.717, 1.165) is 11.1 Å². The third-order valence-electron chi connectivity index (χ3n) is 5.31. The molecule has 9 nitrogen and oxygen atoms in total. The third kappa shape index (κ3) is 5.75. The van der Waals surface area contributed by atoms with Crippen LogP contribution in [0.3, 0.4) is 0 Å². The van der Waals surface area contributed by atoms with Gasteiger partial charge in [-0.3, -0.25) is 19.6 Å². The summed E-state index contributed by atoms with van der Waals surface area (Å²) < 4.78 is 28.1. The van der Waals surface area contributed by atoms with E-state index in [2.05, 4.69) is 25.6 Å². The Kier molecular flexibility index (Phi) is 7.41. The zero-order valence-electron chi connectivity index (χ0n) is 19.4. The van der Waals surface area contributed by atoms with Gasteiger partial charge in [-0.25, -0.2) is 0 Å². The van der Waals surface area contributed by atoms with E-state index in [1.165, 1.54) is 12.1 Å². The fourth-order valence-corrected chi connectivity index (χ4v) is 5.40. The second-order valence-electron chi connectivity index (χ2n) is 7.90. The van der Waals surface area contributed by atoms with E-state index >= 15 is 0 Å². The molecule has 2 amide bonds. The fourth-order valence-electron chi connectivity index (χ4n) is 3.42. The lowest BCUT2D eigenvalue weighted by Gasteiger charge is -2.16. The van der Waals surface area contributed by atoms with Gasteiger partial charge in [-0.2, -0.15) is 8.42 Å². The molecule has 4 rings (SSSR count). The largest absolute Gasteiger partial charge is 0.345 e. The number of anilines is 2. The van der Waals surface area contributed by atoms with Crippen LogP contribution in [0.15, 0.2) is 83.2 Å². The summed E-state index contributed by atoms with van der Waals surface area (Å²) in [4.78, 5) is 25.5. The van der Waals surface area contributed by atoms with E-state index in [4.69, 9.17) is 0 Å². The predicted molar refractivity (Wildman–Crippen MR) is 139 cm³/mol. The van der Waals surface area contributed by atoms with Crippen molar-refractivity contribution in [3.8, 4) is 0 Å². The molecule has 0 unspecified atom stereocenters. The van der Waals surface area contributed by atoms with Gasteiger partial charge in [0.05, 0.1) is 17.3 Å². The van der Waals surface area contributed by atoms with Crippen molar-refractivity contribution in [1.82, 2.24) is 15.5 Å². The molecule has 3 aromatic carbocycles. The molecule has 0 saturated heterocycles. The van der Waals surface area contributed by atoms with E-state index in [0.29, 0.717) is 16.9 Å². The molecule has 0 saturated carbocycles. The first-order valence-corrected chi connectivity index (χ1v) is 13.2. The zero-order valence-corrected chi connectivity index (χ0v) is 21.1. The topological polar surface area (TPSA) is 130 Å². The highest BCUT2D eigenvalue weighted by Crippen LogP contribution is 2.25. The molecule has 4 aromatic rings. The van der Waals surface area contributed by atoms with Crippen molar-refractivity contribution in [1.29, 1.82) is 0 Å². The number of sulfonamides is 1. The van der Waals surface area contributed by atoms with Crippen LogP contribution in [0.25, 0.3) is 0 Å². The van der Waals surface area contributed by atoms with Gasteiger partial charge in [-0.05, 0) is 43.2 Å². The Bertz CT molecular complexity index is 1500. The molecule has 184 valence electrons. The normalized spacial score (nSPS) is 11.9. The van der Waals surface area contributed by atoms with Crippen molar-refractivity contribution < 1.29 is 18.0 Å². The van der Waals surface area contributed by atoms with Crippen LogP contribution >= 0.6 is 11.3 Å². The summed E-state index contributed by atoms with van der Waals surface area (Å²) in [5.41, 5.74) is 2.38. The molecule has 0 radical (unpaired) electrons. The minimum Gasteiger partial charge on any atom is -0.345 e. The number of benzene rings is 3. The molecule has 11 heteroatoms. The van der Waals surface area contributed by atoms with Crippen LogP contribution in [0.5, 0.6) is 0 Å². The van der Waals surface area contributed by atoms with Crippen molar-refractivity contribution in [2.75, 3.05) is 10.0 Å². The van der Waals surface area contributed by atoms with Gasteiger partial charge in [0.2, 0.25) is 5.13 Å². The number of rotatable bonds is 8. The summed E-state index contributed by atoms with van der Waals surface area (Å²) in [6, 6.07) is 22.4. The first kappa shape index (κ1) is 25.0. The van der Waals surface area contributed by atoms with Gasteiger partial charge >= 0.3 is 0 Å². The number of nitrogens with zero attached hydrogens (tertiary/aromatic N) is 2. The number of carbonyl (C=O) groups is 2. The number of carbonyl (C=O) groups excluding carboxylic acids is 2. The smallest absolute Gasteiger partial charge is 0.291 e. The first-order chi connectivity index (χ1) is 17.2. The predicted octanol–water partition coefficient (Wildman–Crippen LogP) is 4.39. The maximum atomic E-state index is 13.0. The van der Waals surface area contributed by atoms with Gasteiger partial charge in [0.25, 0.3) is 26.2 Å². The minimum absolute atomic E-state index is 0.0337. The maximum absolute atomic E-state index is 13.0. The second kappa shape index (κ2) is 10.7. The molecule has 36 heavy (non-hydrogen) atoms. The summed E-state index contributed by atoms with van der Waals surface area (Å²) in [5, 5.41) is 13.0. The first-order valence-electron chi connectivity index (χ1n) is 10.9. The molecular weight excluding hydrogens is 498 g/mol. The molecule has 1 aromatic heterocycles. The lowest BCUT2D eigenvalue weighted by atomic mass is 10.1. The molecule has 0 aliphatic heterocycles. The molecule has 0 aliphatic rings. The standard InChI is InChI=1S/C25H23N5O4S2/c1-16-10-6-7-13-19(16)22(31)27-24-28-29-25(35-24)36(33,34)30-21-15-9-8-14-20(21)23(32)26-17(2)18-11-4-3-5-12-18/h3-15,17,30H,1-2H3,(H,26,32)(H,27,28,31)/t17-/m1/s1. The summed E-state index contributed by atoms with van der Waals surface area (Å²) >= 11 is 0.705. The molecule has 1 heterocycles. The molecule has 1 atom stereocenters. The van der Waals surface area contributed by atoms with Crippen LogP contribution in [-0.2, 0) is 10.0 Å². The van der Waals surface area contributed by atoms with Crippen molar-refractivity contribution >= 4 is 44.0 Å². The SMILES string of the molecule is Cc1ccccc1C(=O)Nc1nnc(S(=O)(=O)Nc2ccccc2C(=O)N[C@H](C)c2ccccc2)s1. The van der Waals surface area contributed by atoms with Crippen molar-refractivity contribution in [3.63, 3.8) is 0 Å². The van der Waals surface area contributed by atoms with Crippen molar-refractivity contribution in [2.24, 2.45) is 0 Å². The summed E-state index contributed by atoms with van der Waals surface area (Å²) in [6.45, 7) is 3.64. The number of hydrogen-bond donors (Lipinski definition) is 3. The number of nitrogens with one attached hydrogen (secondary N) is 3. The van der Waals surface area contributed by atoms with Gasteiger partial charge < -0.3 is 5.32 Å². The number of amides is 2. The molecule has 0 fully saturated rings. The van der Waals surface area contributed by atoms with Crippen LogP contribution in [0.4, 0.5) is 10.8 Å². The van der Waals surface area contributed by atoms with Crippen LogP contribution in [0.1, 0.15) is 44.8 Å². The fraction of sp³-hybridized carbons (Fsp3) is 0.120. The average Bonchev–Trinajstić information content (AvgIpc) is 3.34. The van der Waals surface area contributed by atoms with Gasteiger partial charge in [0.1, 0.15) is 0 Å². The van der Waals surface area contributed by atoms with Gasteiger partial charge in [0, 0.05) is 5.56 Å². The minimum atomic E-state index is -4.17. The second-order valence-corrected chi connectivity index (χ2v) is 10.7. The summed E-state index contributed by atoms with van der Waals surface area (Å²) in [6.07, 6.45) is 0. The molecule has 0 aliphatic carbocycles. The van der Waals surface area contributed by atoms with Crippen LogP contribution < -0.4 is 15.4 Å². The average molecular weight is 522 g/mol. The van der Waals surface area contributed by atoms with Crippen LogP contribution in [-0.4, -0.2) is 30.4 Å². The Hall–Kier alpha value is -4.09. The quantitative estimate of drug-likeness (QED) is 0.295. The van der Waals surface area contributed by atoms with E-state index in [-0.39, 0.29) is 26.8 Å². The Balaban J connectivity index is 1.49. The number of para-hydroxylation sites is 1. The van der Waals surface area contributed by atoms with Crippen molar-refractivity contribution in [2.45, 2.75) is 24.2 Å². The highest BCUT2D eigenvalue weighted by atomic mass is 32.2. The maximum Gasteiger partial charge on any atom is 0.291 e. The number of aromatic nitrogens is 2. The molecule has 0 spiro atoms. The van der Waals surface area contributed by atoms with Gasteiger partial charge in [0.15, 0.2) is 0 Å². The van der Waals surface area contributed by atoms with Crippen LogP contribution in [0, 0.1) is 6.92 Å². The lowest BCUT2D eigenvalue weighted by molar-refractivity contribution is 0.0940. The molecular formula is C25H23N5O4S2. The Morgan fingerprint density at radius 1 is 0.833 bits per heavy atom. The van der Waals surface area contributed by atoms with Gasteiger partial charge in [-0.1, -0.05) is 72.0 Å². The highest BCUT2D eigenvalue weighted by molar-refractivity contribution is 7.94. The third-order valence-corrected chi connectivity index (χ3v) is 7.88. The Labute approximate surface area is 212 Å². The van der Waals surface area contributed by atoms with Crippen molar-refractivity contribution in [3.05, 3.63) is 101 Å². The lowest BCUT2D eigenvalue weighted by Crippen LogP contribution is -2.28. The monoisotopic (exact) mass is 521 g/mol. The summed E-state index contributed by atoms with van der Waals surface area (Å²) in [5.74, 6) is -0.858.